The fourth-order valence-corrected chi connectivity index (χ4v) is 3.80. The zero-order chi connectivity index (χ0) is 17.2. The molecule has 0 radical (unpaired) electrons. The maximum absolute atomic E-state index is 12.5. The minimum Gasteiger partial charge on any atom is -0.340 e. The molecule has 0 saturated carbocycles. The van der Waals surface area contributed by atoms with Gasteiger partial charge in [-0.2, -0.15) is 9.82 Å². The van der Waals surface area contributed by atoms with Crippen molar-refractivity contribution in [3.8, 4) is 0 Å². The van der Waals surface area contributed by atoms with Crippen LogP contribution in [0.25, 0.3) is 0 Å². The quantitative estimate of drug-likeness (QED) is 0.731. The van der Waals surface area contributed by atoms with E-state index < -0.39 is 16.1 Å². The van der Waals surface area contributed by atoms with Gasteiger partial charge in [-0.25, -0.2) is 8.42 Å². The van der Waals surface area contributed by atoms with Crippen molar-refractivity contribution in [3.05, 3.63) is 11.4 Å². The number of carbonyl (C=O) groups is 1. The number of aromatic nitrogens is 2. The normalized spacial score (nSPS) is 14.7. The molecule has 1 amide bonds. The molecule has 2 unspecified atom stereocenters. The van der Waals surface area contributed by atoms with E-state index in [0.29, 0.717) is 17.9 Å². The number of nitrogens with one attached hydrogen (secondary N) is 1. The molecule has 9 heteroatoms. The lowest BCUT2D eigenvalue weighted by Crippen LogP contribution is -2.49. The zero-order valence-corrected chi connectivity index (χ0v) is 14.7. The molecule has 0 aromatic carbocycles. The smallest absolute Gasteiger partial charge is 0.244 e. The molecule has 0 bridgehead atoms. The van der Waals surface area contributed by atoms with Gasteiger partial charge >= 0.3 is 0 Å². The van der Waals surface area contributed by atoms with E-state index in [9.17, 15) is 13.2 Å². The summed E-state index contributed by atoms with van der Waals surface area (Å²) in [6, 6.07) is -1.05. The Labute approximate surface area is 131 Å². The van der Waals surface area contributed by atoms with Crippen molar-refractivity contribution < 1.29 is 13.2 Å². The van der Waals surface area contributed by atoms with E-state index in [2.05, 4.69) is 9.82 Å². The molecule has 126 valence electrons. The van der Waals surface area contributed by atoms with Gasteiger partial charge < -0.3 is 10.6 Å². The van der Waals surface area contributed by atoms with E-state index in [4.69, 9.17) is 5.73 Å². The number of sulfonamides is 1. The van der Waals surface area contributed by atoms with E-state index in [-0.39, 0.29) is 16.8 Å². The lowest BCUT2D eigenvalue weighted by atomic mass is 10.2. The van der Waals surface area contributed by atoms with Crippen molar-refractivity contribution in [3.63, 3.8) is 0 Å². The Morgan fingerprint density at radius 3 is 2.36 bits per heavy atom. The van der Waals surface area contributed by atoms with Gasteiger partial charge in [-0.3, -0.25) is 9.48 Å². The number of amides is 1. The van der Waals surface area contributed by atoms with Crippen molar-refractivity contribution in [2.45, 2.75) is 44.7 Å². The first-order valence-corrected chi connectivity index (χ1v) is 8.50. The van der Waals surface area contributed by atoms with Gasteiger partial charge in [0.1, 0.15) is 4.90 Å². The van der Waals surface area contributed by atoms with E-state index in [0.717, 1.165) is 0 Å². The number of hydrogen-bond acceptors (Lipinski definition) is 5. The van der Waals surface area contributed by atoms with E-state index in [1.807, 2.05) is 0 Å². The topological polar surface area (TPSA) is 110 Å². The number of hydrogen-bond donors (Lipinski definition) is 2. The summed E-state index contributed by atoms with van der Waals surface area (Å²) < 4.78 is 28.9. The highest BCUT2D eigenvalue weighted by atomic mass is 32.2. The first-order valence-electron chi connectivity index (χ1n) is 7.02. The van der Waals surface area contributed by atoms with Gasteiger partial charge in [0.25, 0.3) is 0 Å². The first-order chi connectivity index (χ1) is 10.0. The molecule has 1 heterocycles. The van der Waals surface area contributed by atoms with Gasteiger partial charge in [-0.15, -0.1) is 0 Å². The number of rotatable bonds is 6. The third-order valence-corrected chi connectivity index (χ3v) is 5.56. The summed E-state index contributed by atoms with van der Waals surface area (Å²) in [6.07, 6.45) is 0. The number of nitrogens with two attached hydrogens (primary N) is 1. The Hall–Kier alpha value is -1.45. The van der Waals surface area contributed by atoms with E-state index >= 15 is 0 Å². The van der Waals surface area contributed by atoms with E-state index in [1.165, 1.54) is 16.5 Å². The molecule has 0 aliphatic heterocycles. The molecule has 1 aromatic heterocycles. The van der Waals surface area contributed by atoms with Crippen molar-refractivity contribution in [2.75, 3.05) is 13.6 Å². The molecule has 8 nitrogen and oxygen atoms in total. The molecule has 1 aromatic rings. The highest BCUT2D eigenvalue weighted by Crippen LogP contribution is 2.18. The molecular formula is C13H25N5O3S. The average molecular weight is 331 g/mol. The highest BCUT2D eigenvalue weighted by Gasteiger charge is 2.29. The second kappa shape index (κ2) is 6.76. The third kappa shape index (κ3) is 3.65. The van der Waals surface area contributed by atoms with Gasteiger partial charge in [0.05, 0.1) is 17.4 Å². The van der Waals surface area contributed by atoms with Crippen LogP contribution >= 0.6 is 0 Å². The molecule has 1 rings (SSSR count). The monoisotopic (exact) mass is 331 g/mol. The predicted molar refractivity (Wildman–Crippen MR) is 83.8 cm³/mol. The van der Waals surface area contributed by atoms with Crippen LogP contribution in [0.4, 0.5) is 0 Å². The Bertz CT molecular complexity index is 653. The summed E-state index contributed by atoms with van der Waals surface area (Å²) >= 11 is 0. The van der Waals surface area contributed by atoms with Crippen LogP contribution in [0.1, 0.15) is 25.2 Å². The van der Waals surface area contributed by atoms with Gasteiger partial charge in [0, 0.05) is 26.7 Å². The molecule has 3 N–H and O–H groups in total. The van der Waals surface area contributed by atoms with Crippen LogP contribution in [0, 0.1) is 13.8 Å². The van der Waals surface area contributed by atoms with Crippen molar-refractivity contribution in [1.82, 2.24) is 19.4 Å². The minimum absolute atomic E-state index is 0.115. The summed E-state index contributed by atoms with van der Waals surface area (Å²) in [6.45, 7) is 6.91. The Morgan fingerprint density at radius 1 is 1.41 bits per heavy atom. The summed E-state index contributed by atoms with van der Waals surface area (Å²) in [5.74, 6) is -0.333. The molecule has 0 fully saturated rings. The SMILES string of the molecule is Cc1nn(C)c(C)c1S(=O)(=O)NC(C)C(=O)N(C)C(C)CN. The van der Waals surface area contributed by atoms with Crippen LogP contribution in [0.3, 0.4) is 0 Å². The van der Waals surface area contributed by atoms with Gasteiger partial charge in [0.15, 0.2) is 0 Å². The first kappa shape index (κ1) is 18.6. The molecular weight excluding hydrogens is 306 g/mol. The molecule has 2 atom stereocenters. The summed E-state index contributed by atoms with van der Waals surface area (Å²) in [7, 11) is -0.547. The van der Waals surface area contributed by atoms with Crippen molar-refractivity contribution in [2.24, 2.45) is 12.8 Å². The Kier molecular flexibility index (Phi) is 5.71. The Morgan fingerprint density at radius 2 is 1.95 bits per heavy atom. The lowest BCUT2D eigenvalue weighted by molar-refractivity contribution is -0.132. The molecule has 0 aliphatic rings. The molecule has 0 aliphatic carbocycles. The van der Waals surface area contributed by atoms with Crippen LogP contribution in [0.15, 0.2) is 4.90 Å². The third-order valence-electron chi connectivity index (χ3n) is 3.76. The predicted octanol–water partition coefficient (Wildman–Crippen LogP) is -0.491. The Balaban J connectivity index is 3.00. The molecule has 0 saturated heterocycles. The van der Waals surface area contributed by atoms with Crippen molar-refractivity contribution >= 4 is 15.9 Å². The summed E-state index contributed by atoms with van der Waals surface area (Å²) in [4.78, 5) is 13.8. The standard InChI is InChI=1S/C13H25N5O3S/c1-8(7-14)17(5)13(19)10(3)16-22(20,21)12-9(2)15-18(6)11(12)4/h8,10,16H,7,14H2,1-6H3. The van der Waals surface area contributed by atoms with Crippen LogP contribution in [0.5, 0.6) is 0 Å². The maximum atomic E-state index is 12.5. The second-order valence-electron chi connectivity index (χ2n) is 5.50. The molecule has 0 spiro atoms. The van der Waals surface area contributed by atoms with E-state index in [1.54, 1.807) is 34.9 Å². The van der Waals surface area contributed by atoms with Gasteiger partial charge in [0.2, 0.25) is 15.9 Å². The largest absolute Gasteiger partial charge is 0.340 e. The van der Waals surface area contributed by atoms with Crippen LogP contribution in [-0.4, -0.2) is 54.7 Å². The highest BCUT2D eigenvalue weighted by molar-refractivity contribution is 7.89. The molecule has 22 heavy (non-hydrogen) atoms. The van der Waals surface area contributed by atoms with Crippen LogP contribution in [-0.2, 0) is 21.9 Å². The lowest BCUT2D eigenvalue weighted by Gasteiger charge is -2.27. The van der Waals surface area contributed by atoms with Gasteiger partial charge in [-0.1, -0.05) is 0 Å². The fourth-order valence-electron chi connectivity index (χ4n) is 2.17. The average Bonchev–Trinajstić information content (AvgIpc) is 2.69. The number of likely N-dealkylation sites (N-methyl/N-ethyl adjacent to an activating group) is 1. The second-order valence-corrected chi connectivity index (χ2v) is 7.15. The van der Waals surface area contributed by atoms with Crippen molar-refractivity contribution in [1.29, 1.82) is 0 Å². The summed E-state index contributed by atoms with van der Waals surface area (Å²) in [5, 5.41) is 4.09. The number of nitrogens with zero attached hydrogens (tertiary/aromatic N) is 3. The van der Waals surface area contributed by atoms with Gasteiger partial charge in [-0.05, 0) is 27.7 Å². The van der Waals surface area contributed by atoms with Crippen LogP contribution in [0.2, 0.25) is 0 Å². The minimum atomic E-state index is -3.82. The summed E-state index contributed by atoms with van der Waals surface area (Å²) in [5.41, 5.74) is 6.45. The van der Waals surface area contributed by atoms with Crippen LogP contribution < -0.4 is 10.5 Å². The number of carbonyl (C=O) groups excluding carboxylic acids is 1. The fraction of sp³-hybridized carbons (Fsp3) is 0.692. The maximum Gasteiger partial charge on any atom is 0.244 e. The number of aryl methyl sites for hydroxylation is 2. The zero-order valence-electron chi connectivity index (χ0n) is 13.9.